The molecule has 0 aromatic heterocycles. The van der Waals surface area contributed by atoms with Gasteiger partial charge in [-0.2, -0.15) is 0 Å². The Morgan fingerprint density at radius 2 is 1.93 bits per heavy atom. The molecular formula is C11H10NO2Y-. The molecule has 2 atom stereocenters. The van der Waals surface area contributed by atoms with Crippen molar-refractivity contribution in [1.82, 2.24) is 0 Å². The predicted molar refractivity (Wildman–Crippen MR) is 51.5 cm³/mol. The Balaban J connectivity index is 0.00000112. The van der Waals surface area contributed by atoms with Crippen molar-refractivity contribution < 1.29 is 42.3 Å². The van der Waals surface area contributed by atoms with E-state index in [1.54, 1.807) is 12.1 Å². The van der Waals surface area contributed by atoms with E-state index in [1.165, 1.54) is 0 Å². The molecule has 1 aromatic rings. The SMILES string of the molecule is NC(=O)c1ccc([C@H]2C[C@@H]2[C-]=O)cc1.[Y]. The summed E-state index contributed by atoms with van der Waals surface area (Å²) in [6.07, 6.45) is 2.86. The van der Waals surface area contributed by atoms with Crippen LogP contribution in [0, 0.1) is 5.92 Å². The first-order chi connectivity index (χ1) is 6.72. The number of amides is 1. The third kappa shape index (κ3) is 2.73. The van der Waals surface area contributed by atoms with Crippen LogP contribution in [0.5, 0.6) is 0 Å². The van der Waals surface area contributed by atoms with E-state index >= 15 is 0 Å². The molecule has 0 saturated heterocycles. The number of nitrogens with two attached hydrogens (primary N) is 1. The molecule has 0 spiro atoms. The molecule has 2 N–H and O–H groups in total. The average Bonchev–Trinajstić information content (AvgIpc) is 2.97. The van der Waals surface area contributed by atoms with E-state index in [0.717, 1.165) is 12.0 Å². The summed E-state index contributed by atoms with van der Waals surface area (Å²) in [6, 6.07) is 7.08. The first-order valence-corrected chi connectivity index (χ1v) is 4.50. The van der Waals surface area contributed by atoms with E-state index in [0.29, 0.717) is 11.5 Å². The molecule has 0 bridgehead atoms. The van der Waals surface area contributed by atoms with Crippen LogP contribution in [-0.2, 0) is 37.5 Å². The molecule has 0 unspecified atom stereocenters. The summed E-state index contributed by atoms with van der Waals surface area (Å²) < 4.78 is 0. The van der Waals surface area contributed by atoms with Gasteiger partial charge in [-0.15, -0.1) is 5.92 Å². The number of carbonyl (C=O) groups is 1. The van der Waals surface area contributed by atoms with E-state index in [2.05, 4.69) is 0 Å². The molecule has 1 aliphatic carbocycles. The second-order valence-corrected chi connectivity index (χ2v) is 3.55. The van der Waals surface area contributed by atoms with Crippen molar-refractivity contribution in [3.05, 3.63) is 35.4 Å². The van der Waals surface area contributed by atoms with Gasteiger partial charge in [0.25, 0.3) is 0 Å². The van der Waals surface area contributed by atoms with Crippen molar-refractivity contribution in [2.75, 3.05) is 0 Å². The quantitative estimate of drug-likeness (QED) is 0.838. The Morgan fingerprint density at radius 1 is 1.33 bits per heavy atom. The van der Waals surface area contributed by atoms with Gasteiger partial charge in [-0.05, 0) is 23.6 Å². The first kappa shape index (κ1) is 12.5. The maximum Gasteiger partial charge on any atom is 0.248 e. The van der Waals surface area contributed by atoms with Crippen LogP contribution in [0.15, 0.2) is 24.3 Å². The summed E-state index contributed by atoms with van der Waals surface area (Å²) in [4.78, 5) is 21.1. The van der Waals surface area contributed by atoms with Gasteiger partial charge in [0, 0.05) is 38.3 Å². The summed E-state index contributed by atoms with van der Waals surface area (Å²) in [5.41, 5.74) is 6.70. The molecule has 1 radical (unpaired) electrons. The minimum Gasteiger partial charge on any atom is -0.541 e. The minimum atomic E-state index is -0.425. The van der Waals surface area contributed by atoms with Crippen molar-refractivity contribution in [2.24, 2.45) is 11.7 Å². The second-order valence-electron chi connectivity index (χ2n) is 3.55. The van der Waals surface area contributed by atoms with Gasteiger partial charge in [-0.3, -0.25) is 11.1 Å². The number of rotatable bonds is 3. The maximum atomic E-state index is 10.8. The summed E-state index contributed by atoms with van der Waals surface area (Å²) in [6.45, 7) is 0. The molecule has 3 nitrogen and oxygen atoms in total. The largest absolute Gasteiger partial charge is 0.541 e. The average molecular weight is 277 g/mol. The zero-order valence-corrected chi connectivity index (χ0v) is 11.0. The van der Waals surface area contributed by atoms with Gasteiger partial charge in [0.2, 0.25) is 5.91 Å². The number of primary amides is 1. The maximum absolute atomic E-state index is 10.8. The van der Waals surface area contributed by atoms with Crippen LogP contribution in [0.4, 0.5) is 0 Å². The van der Waals surface area contributed by atoms with E-state index in [9.17, 15) is 9.59 Å². The molecule has 0 heterocycles. The Morgan fingerprint density at radius 3 is 2.33 bits per heavy atom. The molecule has 2 rings (SSSR count). The standard InChI is InChI=1S/C11H10NO2.Y/c12-11(14)8-3-1-7(2-4-8)10-5-9(10)6-13;/h1-4,9-10H,5H2,(H2,12,14);/q-1;/t9-,10-;/m1./s1. The number of benzene rings is 1. The Bertz CT molecular complexity index is 375. The summed E-state index contributed by atoms with van der Waals surface area (Å²) in [7, 11) is 0. The summed E-state index contributed by atoms with van der Waals surface area (Å²) in [5.74, 6) is -0.0744. The molecule has 15 heavy (non-hydrogen) atoms. The molecule has 1 saturated carbocycles. The molecule has 1 aromatic carbocycles. The molecular weight excluding hydrogens is 267 g/mol. The van der Waals surface area contributed by atoms with Crippen LogP contribution < -0.4 is 5.73 Å². The van der Waals surface area contributed by atoms with Gasteiger partial charge in [0.05, 0.1) is 0 Å². The molecule has 4 heteroatoms. The monoisotopic (exact) mass is 277 g/mol. The molecule has 1 fully saturated rings. The Kier molecular flexibility index (Phi) is 4.17. The second kappa shape index (κ2) is 4.99. The van der Waals surface area contributed by atoms with E-state index in [4.69, 9.17) is 5.73 Å². The van der Waals surface area contributed by atoms with Gasteiger partial charge < -0.3 is 10.5 Å². The molecule has 1 aliphatic rings. The van der Waals surface area contributed by atoms with E-state index in [1.807, 2.05) is 18.4 Å². The third-order valence-electron chi connectivity index (χ3n) is 2.57. The van der Waals surface area contributed by atoms with Crippen LogP contribution in [0.1, 0.15) is 28.3 Å². The number of hydrogen-bond acceptors (Lipinski definition) is 2. The van der Waals surface area contributed by atoms with Crippen LogP contribution >= 0.6 is 0 Å². The van der Waals surface area contributed by atoms with Crippen LogP contribution in [0.3, 0.4) is 0 Å². The number of carbonyl (C=O) groups excluding carboxylic acids is 2. The van der Waals surface area contributed by atoms with Crippen molar-refractivity contribution in [3.63, 3.8) is 0 Å². The van der Waals surface area contributed by atoms with Crippen molar-refractivity contribution in [2.45, 2.75) is 12.3 Å². The summed E-state index contributed by atoms with van der Waals surface area (Å²) >= 11 is 0. The van der Waals surface area contributed by atoms with E-state index < -0.39 is 5.91 Å². The predicted octanol–water partition coefficient (Wildman–Crippen LogP) is 0.996. The van der Waals surface area contributed by atoms with Crippen molar-refractivity contribution >= 4 is 12.2 Å². The van der Waals surface area contributed by atoms with Gasteiger partial charge in [0.1, 0.15) is 0 Å². The van der Waals surface area contributed by atoms with E-state index in [-0.39, 0.29) is 38.6 Å². The molecule has 75 valence electrons. The van der Waals surface area contributed by atoms with Crippen LogP contribution in [-0.4, -0.2) is 12.2 Å². The van der Waals surface area contributed by atoms with Gasteiger partial charge in [-0.1, -0.05) is 18.6 Å². The van der Waals surface area contributed by atoms with Crippen molar-refractivity contribution in [3.8, 4) is 0 Å². The number of hydrogen-bond donors (Lipinski definition) is 1. The fourth-order valence-corrected chi connectivity index (χ4v) is 1.59. The fraction of sp³-hybridized carbons (Fsp3) is 0.273. The Labute approximate surface area is 113 Å². The fourth-order valence-electron chi connectivity index (χ4n) is 1.59. The van der Waals surface area contributed by atoms with Gasteiger partial charge in [0.15, 0.2) is 0 Å². The van der Waals surface area contributed by atoms with Gasteiger partial charge >= 0.3 is 0 Å². The Hall–Kier alpha value is -0.536. The van der Waals surface area contributed by atoms with Crippen molar-refractivity contribution in [1.29, 1.82) is 0 Å². The zero-order valence-electron chi connectivity index (χ0n) is 8.14. The minimum absolute atomic E-state index is 0. The zero-order chi connectivity index (χ0) is 10.1. The summed E-state index contributed by atoms with van der Waals surface area (Å²) in [5, 5.41) is 0. The molecule has 1 amide bonds. The van der Waals surface area contributed by atoms with Crippen LogP contribution in [0.25, 0.3) is 0 Å². The van der Waals surface area contributed by atoms with Gasteiger partial charge in [-0.25, -0.2) is 0 Å². The normalized spacial score (nSPS) is 22.7. The molecule has 0 aliphatic heterocycles. The topological polar surface area (TPSA) is 60.2 Å². The third-order valence-corrected chi connectivity index (χ3v) is 2.57. The van der Waals surface area contributed by atoms with Crippen LogP contribution in [0.2, 0.25) is 0 Å². The smallest absolute Gasteiger partial charge is 0.248 e. The first-order valence-electron chi connectivity index (χ1n) is 4.50.